The molecule has 2 heteroatoms. The summed E-state index contributed by atoms with van der Waals surface area (Å²) in [6, 6.07) is 0. The van der Waals surface area contributed by atoms with E-state index in [9.17, 15) is 0 Å². The summed E-state index contributed by atoms with van der Waals surface area (Å²) in [6.45, 7) is 11.9. The van der Waals surface area contributed by atoms with Crippen LogP contribution < -0.4 is 0 Å². The lowest BCUT2D eigenvalue weighted by Crippen LogP contribution is -2.53. The molecule has 5 aliphatic carbocycles. The summed E-state index contributed by atoms with van der Waals surface area (Å²) in [4.78, 5) is 2.88. The molecule has 6 aliphatic rings. The fourth-order valence-corrected chi connectivity index (χ4v) is 8.15. The first kappa shape index (κ1) is 17.7. The molecule has 0 N–H and O–H groups in total. The lowest BCUT2D eigenvalue weighted by molar-refractivity contribution is -0.0541. The van der Waals surface area contributed by atoms with Gasteiger partial charge in [-0.2, -0.15) is 0 Å². The predicted molar refractivity (Wildman–Crippen MR) is 103 cm³/mol. The molecule has 1 nitrogen and oxygen atoms in total. The average molecular weight is 352 g/mol. The van der Waals surface area contributed by atoms with Crippen molar-refractivity contribution >= 4 is 12.4 Å². The van der Waals surface area contributed by atoms with Crippen LogP contribution in [-0.2, 0) is 0 Å². The highest BCUT2D eigenvalue weighted by Crippen LogP contribution is 2.60. The normalized spacial score (nSPS) is 51.6. The van der Waals surface area contributed by atoms with Crippen LogP contribution in [0.3, 0.4) is 0 Å². The molecule has 1 saturated heterocycles. The smallest absolute Gasteiger partial charge is 0.00407 e. The van der Waals surface area contributed by atoms with Crippen molar-refractivity contribution in [3.05, 3.63) is 0 Å². The lowest BCUT2D eigenvalue weighted by atomic mass is 9.51. The Balaban J connectivity index is 0.00000146. The topological polar surface area (TPSA) is 3.24 Å². The summed E-state index contributed by atoms with van der Waals surface area (Å²) in [5.74, 6) is 6.58. The Kier molecular flexibility index (Phi) is 4.32. The number of nitrogens with zero attached hydrogens (tertiary/aromatic N) is 1. The van der Waals surface area contributed by atoms with Crippen LogP contribution in [0.25, 0.3) is 0 Å². The van der Waals surface area contributed by atoms with E-state index in [1.807, 2.05) is 0 Å². The molecule has 6 bridgehead atoms. The van der Waals surface area contributed by atoms with Crippen LogP contribution >= 0.6 is 12.4 Å². The van der Waals surface area contributed by atoms with Gasteiger partial charge in [0.1, 0.15) is 0 Å². The van der Waals surface area contributed by atoms with Gasteiger partial charge >= 0.3 is 0 Å². The molecule has 5 saturated carbocycles. The Labute approximate surface area is 155 Å². The molecule has 1 aliphatic heterocycles. The Bertz CT molecular complexity index is 458. The van der Waals surface area contributed by atoms with E-state index in [-0.39, 0.29) is 12.4 Å². The molecule has 0 aromatic rings. The maximum Gasteiger partial charge on any atom is 0.00407 e. The molecule has 24 heavy (non-hydrogen) atoms. The molecular weight excluding hydrogens is 314 g/mol. The largest absolute Gasteiger partial charge is 0.302 e. The van der Waals surface area contributed by atoms with E-state index in [2.05, 4.69) is 25.7 Å². The third kappa shape index (κ3) is 2.51. The van der Waals surface area contributed by atoms with Crippen LogP contribution in [0.2, 0.25) is 0 Å². The molecular formula is C22H38ClN. The van der Waals surface area contributed by atoms with E-state index in [1.165, 1.54) is 38.9 Å². The maximum atomic E-state index is 2.88. The van der Waals surface area contributed by atoms with E-state index in [0.717, 1.165) is 35.5 Å². The minimum atomic E-state index is 0. The Morgan fingerprint density at radius 2 is 1.54 bits per heavy atom. The van der Waals surface area contributed by atoms with Crippen LogP contribution in [-0.4, -0.2) is 24.5 Å². The number of hydrogen-bond acceptors (Lipinski definition) is 1. The lowest BCUT2D eigenvalue weighted by Gasteiger charge is -2.55. The minimum Gasteiger partial charge on any atom is -0.302 e. The minimum absolute atomic E-state index is 0. The zero-order chi connectivity index (χ0) is 15.8. The van der Waals surface area contributed by atoms with Gasteiger partial charge in [0, 0.05) is 13.1 Å². The van der Waals surface area contributed by atoms with Crippen LogP contribution in [0.5, 0.6) is 0 Å². The van der Waals surface area contributed by atoms with Crippen molar-refractivity contribution in [1.82, 2.24) is 4.90 Å². The molecule has 0 radical (unpaired) electrons. The molecule has 138 valence electrons. The van der Waals surface area contributed by atoms with Gasteiger partial charge in [0.15, 0.2) is 0 Å². The van der Waals surface area contributed by atoms with Gasteiger partial charge in [-0.05, 0) is 104 Å². The van der Waals surface area contributed by atoms with E-state index >= 15 is 0 Å². The van der Waals surface area contributed by atoms with Gasteiger partial charge in [0.25, 0.3) is 0 Å². The Morgan fingerprint density at radius 3 is 2.12 bits per heavy atom. The van der Waals surface area contributed by atoms with Gasteiger partial charge in [0.2, 0.25) is 0 Å². The van der Waals surface area contributed by atoms with Crippen molar-refractivity contribution in [3.63, 3.8) is 0 Å². The summed E-state index contributed by atoms with van der Waals surface area (Å²) in [5, 5.41) is 0. The van der Waals surface area contributed by atoms with Crippen molar-refractivity contribution in [3.8, 4) is 0 Å². The molecule has 0 aromatic carbocycles. The molecule has 0 amide bonds. The second-order valence-electron chi connectivity index (χ2n) is 11.1. The maximum absolute atomic E-state index is 2.88. The fourth-order valence-electron chi connectivity index (χ4n) is 8.15. The standard InChI is InChI=1S/C22H37N.ClH/c1-21(2)19-4-6-22(21,3)14-23(13-19)7-5-20-17-9-15-8-16(11-17)12-18(20)10-15;/h15-20H,4-14H2,1-3H3;1H/t15?,16?,17?,18?,19-,20?,22-;/m0./s1. The molecule has 6 fully saturated rings. The Morgan fingerprint density at radius 1 is 0.917 bits per heavy atom. The van der Waals surface area contributed by atoms with E-state index < -0.39 is 0 Å². The predicted octanol–water partition coefficient (Wildman–Crippen LogP) is 5.63. The van der Waals surface area contributed by atoms with Crippen LogP contribution in [0.15, 0.2) is 0 Å². The van der Waals surface area contributed by atoms with E-state index in [1.54, 1.807) is 32.1 Å². The van der Waals surface area contributed by atoms with E-state index in [4.69, 9.17) is 0 Å². The highest BCUT2D eigenvalue weighted by molar-refractivity contribution is 5.85. The monoisotopic (exact) mass is 351 g/mol. The van der Waals surface area contributed by atoms with E-state index in [0.29, 0.717) is 10.8 Å². The number of halogens is 1. The second-order valence-corrected chi connectivity index (χ2v) is 11.1. The number of rotatable bonds is 3. The Hall–Kier alpha value is 0.250. The van der Waals surface area contributed by atoms with Gasteiger partial charge < -0.3 is 4.90 Å². The SMILES string of the molecule is CC1(C)[C@H]2CC[C@@]1(C)CN(CCC1C3CC4CC(C3)CC1C4)C2.Cl. The fraction of sp³-hybridized carbons (Fsp3) is 1.00. The summed E-state index contributed by atoms with van der Waals surface area (Å²) in [7, 11) is 0. The summed E-state index contributed by atoms with van der Waals surface area (Å²) in [5.41, 5.74) is 1.16. The van der Waals surface area contributed by atoms with Crippen molar-refractivity contribution in [2.75, 3.05) is 19.6 Å². The summed E-state index contributed by atoms with van der Waals surface area (Å²) in [6.07, 6.45) is 12.5. The van der Waals surface area contributed by atoms with Crippen LogP contribution in [0, 0.1) is 46.3 Å². The van der Waals surface area contributed by atoms with Crippen molar-refractivity contribution in [1.29, 1.82) is 0 Å². The zero-order valence-electron chi connectivity index (χ0n) is 16.1. The first-order valence-electron chi connectivity index (χ1n) is 10.7. The van der Waals surface area contributed by atoms with Gasteiger partial charge in [-0.1, -0.05) is 20.8 Å². The molecule has 1 heterocycles. The highest BCUT2D eigenvalue weighted by Gasteiger charge is 2.55. The number of hydrogen-bond donors (Lipinski definition) is 0. The first-order chi connectivity index (χ1) is 10.9. The molecule has 6 rings (SSSR count). The van der Waals surface area contributed by atoms with Crippen molar-refractivity contribution in [2.45, 2.75) is 72.1 Å². The first-order valence-corrected chi connectivity index (χ1v) is 10.7. The third-order valence-electron chi connectivity index (χ3n) is 9.87. The summed E-state index contributed by atoms with van der Waals surface area (Å²) < 4.78 is 0. The van der Waals surface area contributed by atoms with Gasteiger partial charge in [-0.3, -0.25) is 0 Å². The van der Waals surface area contributed by atoms with Gasteiger partial charge in [-0.25, -0.2) is 0 Å². The highest BCUT2D eigenvalue weighted by atomic mass is 35.5. The average Bonchev–Trinajstić information content (AvgIpc) is 2.62. The van der Waals surface area contributed by atoms with Crippen molar-refractivity contribution < 1.29 is 0 Å². The number of piperidine rings is 1. The van der Waals surface area contributed by atoms with Crippen molar-refractivity contribution in [2.24, 2.45) is 46.3 Å². The number of fused-ring (bicyclic) bond motifs is 2. The zero-order valence-corrected chi connectivity index (χ0v) is 16.9. The summed E-state index contributed by atoms with van der Waals surface area (Å²) >= 11 is 0. The van der Waals surface area contributed by atoms with Crippen LogP contribution in [0.1, 0.15) is 72.1 Å². The van der Waals surface area contributed by atoms with Crippen LogP contribution in [0.4, 0.5) is 0 Å². The van der Waals surface area contributed by atoms with Gasteiger partial charge in [-0.15, -0.1) is 12.4 Å². The molecule has 0 spiro atoms. The quantitative estimate of drug-likeness (QED) is 0.637. The molecule has 2 atom stereocenters. The number of likely N-dealkylation sites (tertiary alicyclic amines) is 1. The molecule has 0 unspecified atom stereocenters. The van der Waals surface area contributed by atoms with Gasteiger partial charge in [0.05, 0.1) is 0 Å². The molecule has 0 aromatic heterocycles. The third-order valence-corrected chi connectivity index (χ3v) is 9.87. The second kappa shape index (κ2) is 5.88.